The largest absolute Gasteiger partial charge is 0.493 e. The van der Waals surface area contributed by atoms with E-state index in [0.29, 0.717) is 12.1 Å². The van der Waals surface area contributed by atoms with E-state index in [0.717, 1.165) is 23.2 Å². The van der Waals surface area contributed by atoms with E-state index in [2.05, 4.69) is 58.3 Å². The van der Waals surface area contributed by atoms with E-state index in [4.69, 9.17) is 4.74 Å². The first-order valence-electron chi connectivity index (χ1n) is 7.41. The minimum absolute atomic E-state index is 0.338. The normalized spacial score (nSPS) is 21.1. The third-order valence-corrected chi connectivity index (χ3v) is 4.95. The number of benzene rings is 1. The molecule has 0 saturated carbocycles. The lowest BCUT2D eigenvalue weighted by molar-refractivity contribution is 0.233. The van der Waals surface area contributed by atoms with Crippen LogP contribution in [-0.2, 0) is 0 Å². The van der Waals surface area contributed by atoms with Gasteiger partial charge in [-0.05, 0) is 64.5 Å². The molecule has 1 N–H and O–H groups in total. The molecule has 0 radical (unpaired) electrons. The van der Waals surface area contributed by atoms with E-state index in [-0.39, 0.29) is 0 Å². The predicted molar refractivity (Wildman–Crippen MR) is 87.4 cm³/mol. The first-order valence-corrected chi connectivity index (χ1v) is 8.21. The maximum Gasteiger partial charge on any atom is 0.120 e. The molecule has 20 heavy (non-hydrogen) atoms. The van der Waals surface area contributed by atoms with Crippen LogP contribution in [0.15, 0.2) is 22.7 Å². The van der Waals surface area contributed by atoms with Crippen LogP contribution in [0.3, 0.4) is 0 Å². The molecule has 1 aromatic carbocycles. The number of nitrogens with one attached hydrogen (secondary N) is 1. The van der Waals surface area contributed by atoms with Gasteiger partial charge in [-0.2, -0.15) is 0 Å². The summed E-state index contributed by atoms with van der Waals surface area (Å²) in [5, 5.41) is 3.25. The second-order valence-corrected chi connectivity index (χ2v) is 6.46. The van der Waals surface area contributed by atoms with E-state index in [1.54, 1.807) is 0 Å². The number of halogens is 1. The highest BCUT2D eigenvalue weighted by Crippen LogP contribution is 2.28. The number of hydrogen-bond donors (Lipinski definition) is 1. The van der Waals surface area contributed by atoms with Gasteiger partial charge < -0.3 is 15.0 Å². The Bertz CT molecular complexity index is 438. The molecule has 1 aliphatic heterocycles. The van der Waals surface area contributed by atoms with Crippen LogP contribution in [0.4, 0.5) is 0 Å². The molecule has 2 rings (SSSR count). The van der Waals surface area contributed by atoms with Gasteiger partial charge in [0.1, 0.15) is 5.75 Å². The molecule has 1 heterocycles. The minimum atomic E-state index is 0.338. The summed E-state index contributed by atoms with van der Waals surface area (Å²) < 4.78 is 6.99. The molecule has 1 saturated heterocycles. The summed E-state index contributed by atoms with van der Waals surface area (Å²) >= 11 is 3.63. The Morgan fingerprint density at radius 3 is 2.90 bits per heavy atom. The molecule has 1 aromatic rings. The average Bonchev–Trinajstić information content (AvgIpc) is 2.84. The van der Waals surface area contributed by atoms with Crippen LogP contribution in [0.25, 0.3) is 0 Å². The molecular formula is C16H25BrN2O. The quantitative estimate of drug-likeness (QED) is 0.856. The zero-order valence-electron chi connectivity index (χ0n) is 12.7. The Kier molecular flexibility index (Phi) is 5.87. The van der Waals surface area contributed by atoms with Gasteiger partial charge in [0, 0.05) is 16.6 Å². The molecule has 1 aliphatic rings. The molecule has 4 heteroatoms. The van der Waals surface area contributed by atoms with Crippen molar-refractivity contribution in [2.24, 2.45) is 0 Å². The number of ether oxygens (including phenoxy) is 1. The molecule has 3 nitrogen and oxygen atoms in total. The van der Waals surface area contributed by atoms with Crippen molar-refractivity contribution >= 4 is 15.9 Å². The minimum Gasteiger partial charge on any atom is -0.493 e. The van der Waals surface area contributed by atoms with Gasteiger partial charge in [-0.1, -0.05) is 22.0 Å². The third-order valence-electron chi connectivity index (χ3n) is 4.26. The van der Waals surface area contributed by atoms with E-state index < -0.39 is 0 Å². The summed E-state index contributed by atoms with van der Waals surface area (Å²) in [7, 11) is 4.18. The first-order chi connectivity index (χ1) is 9.61. The van der Waals surface area contributed by atoms with Crippen molar-refractivity contribution < 1.29 is 4.74 Å². The lowest BCUT2D eigenvalue weighted by Gasteiger charge is -2.19. The third kappa shape index (κ3) is 3.96. The van der Waals surface area contributed by atoms with Crippen molar-refractivity contribution in [1.29, 1.82) is 0 Å². The molecule has 112 valence electrons. The van der Waals surface area contributed by atoms with Gasteiger partial charge in [-0.25, -0.2) is 0 Å². The fourth-order valence-electron chi connectivity index (χ4n) is 2.76. The van der Waals surface area contributed by atoms with E-state index in [1.807, 2.05) is 7.05 Å². The van der Waals surface area contributed by atoms with Crippen LogP contribution in [0.1, 0.15) is 37.8 Å². The lowest BCUT2D eigenvalue weighted by Crippen LogP contribution is -2.26. The summed E-state index contributed by atoms with van der Waals surface area (Å²) in [6.07, 6.45) is 3.74. The van der Waals surface area contributed by atoms with Gasteiger partial charge in [0.05, 0.1) is 6.61 Å². The smallest absolute Gasteiger partial charge is 0.120 e. The monoisotopic (exact) mass is 340 g/mol. The van der Waals surface area contributed by atoms with Crippen LogP contribution >= 0.6 is 15.9 Å². The first kappa shape index (κ1) is 15.8. The Hall–Kier alpha value is -0.580. The van der Waals surface area contributed by atoms with Crippen LogP contribution in [0.5, 0.6) is 5.75 Å². The van der Waals surface area contributed by atoms with Crippen molar-refractivity contribution in [3.63, 3.8) is 0 Å². The summed E-state index contributed by atoms with van der Waals surface area (Å²) in [5.41, 5.74) is 1.26. The van der Waals surface area contributed by atoms with Crippen molar-refractivity contribution in [3.8, 4) is 5.75 Å². The highest BCUT2D eigenvalue weighted by Gasteiger charge is 2.20. The summed E-state index contributed by atoms with van der Waals surface area (Å²) in [6.45, 7) is 4.17. The summed E-state index contributed by atoms with van der Waals surface area (Å²) in [5.74, 6) is 0.949. The second kappa shape index (κ2) is 7.43. The van der Waals surface area contributed by atoms with Crippen LogP contribution in [-0.4, -0.2) is 38.2 Å². The number of rotatable bonds is 6. The topological polar surface area (TPSA) is 24.5 Å². The fraction of sp³-hybridized carbons (Fsp3) is 0.625. The van der Waals surface area contributed by atoms with Gasteiger partial charge in [0.25, 0.3) is 0 Å². The molecule has 0 bridgehead atoms. The fourth-order valence-corrected chi connectivity index (χ4v) is 3.46. The number of hydrogen-bond acceptors (Lipinski definition) is 3. The van der Waals surface area contributed by atoms with Gasteiger partial charge >= 0.3 is 0 Å². The molecule has 2 atom stereocenters. The maximum atomic E-state index is 5.89. The van der Waals surface area contributed by atoms with Crippen LogP contribution in [0.2, 0.25) is 0 Å². The molecular weight excluding hydrogens is 316 g/mol. The van der Waals surface area contributed by atoms with Gasteiger partial charge in [-0.15, -0.1) is 0 Å². The highest BCUT2D eigenvalue weighted by molar-refractivity contribution is 9.10. The standard InChI is InChI=1S/C16H25BrN2O/c1-12(18-2)15-7-6-14(11-16(15)17)20-10-8-13-5-4-9-19(13)3/h6-7,11-13,18H,4-5,8-10H2,1-3H3. The molecule has 0 amide bonds. The van der Waals surface area contributed by atoms with E-state index >= 15 is 0 Å². The Morgan fingerprint density at radius 1 is 1.50 bits per heavy atom. The van der Waals surface area contributed by atoms with Gasteiger partial charge in [-0.3, -0.25) is 0 Å². The van der Waals surface area contributed by atoms with Crippen molar-refractivity contribution in [1.82, 2.24) is 10.2 Å². The van der Waals surface area contributed by atoms with Crippen molar-refractivity contribution in [2.45, 2.75) is 38.3 Å². The van der Waals surface area contributed by atoms with Gasteiger partial charge in [0.2, 0.25) is 0 Å². The summed E-state index contributed by atoms with van der Waals surface area (Å²) in [6, 6.07) is 7.29. The number of nitrogens with zero attached hydrogens (tertiary/aromatic N) is 1. The second-order valence-electron chi connectivity index (χ2n) is 5.61. The van der Waals surface area contributed by atoms with Crippen LogP contribution in [0, 0.1) is 0 Å². The zero-order chi connectivity index (χ0) is 14.5. The predicted octanol–water partition coefficient (Wildman–Crippen LogP) is 3.59. The van der Waals surface area contributed by atoms with Crippen molar-refractivity contribution in [2.75, 3.05) is 27.2 Å². The van der Waals surface area contributed by atoms with E-state index in [9.17, 15) is 0 Å². The molecule has 0 aliphatic carbocycles. The van der Waals surface area contributed by atoms with Crippen LogP contribution < -0.4 is 10.1 Å². The molecule has 0 aromatic heterocycles. The Balaban J connectivity index is 1.85. The molecule has 1 fully saturated rings. The average molecular weight is 341 g/mol. The summed E-state index contributed by atoms with van der Waals surface area (Å²) in [4.78, 5) is 2.44. The maximum absolute atomic E-state index is 5.89. The lowest BCUT2D eigenvalue weighted by atomic mass is 10.1. The Morgan fingerprint density at radius 2 is 2.30 bits per heavy atom. The number of likely N-dealkylation sites (tertiary alicyclic amines) is 1. The molecule has 2 unspecified atom stereocenters. The van der Waals surface area contributed by atoms with Gasteiger partial charge in [0.15, 0.2) is 0 Å². The molecule has 0 spiro atoms. The highest BCUT2D eigenvalue weighted by atomic mass is 79.9. The SMILES string of the molecule is CNC(C)c1ccc(OCCC2CCCN2C)cc1Br. The Labute approximate surface area is 130 Å². The zero-order valence-corrected chi connectivity index (χ0v) is 14.2. The van der Waals surface area contributed by atoms with Crippen molar-refractivity contribution in [3.05, 3.63) is 28.2 Å². The van der Waals surface area contributed by atoms with E-state index in [1.165, 1.54) is 24.9 Å².